The first-order valence-corrected chi connectivity index (χ1v) is 12.8. The van der Waals surface area contributed by atoms with Crippen molar-refractivity contribution in [3.63, 3.8) is 0 Å². The summed E-state index contributed by atoms with van der Waals surface area (Å²) in [6, 6.07) is 21.7. The van der Waals surface area contributed by atoms with Crippen molar-refractivity contribution in [1.29, 1.82) is 0 Å². The molecule has 180 valence electrons. The molecule has 0 aliphatic carbocycles. The van der Waals surface area contributed by atoms with Crippen LogP contribution in [0, 0.1) is 5.92 Å². The van der Waals surface area contributed by atoms with Gasteiger partial charge in [-0.15, -0.1) is 0 Å². The highest BCUT2D eigenvalue weighted by molar-refractivity contribution is 7.92. The molecule has 3 rings (SSSR count). The fourth-order valence-corrected chi connectivity index (χ4v) is 5.24. The molecule has 0 saturated carbocycles. The average molecular weight is 501 g/mol. The largest absolute Gasteiger partial charge is 0.497 e. The minimum Gasteiger partial charge on any atom is -0.497 e. The summed E-state index contributed by atoms with van der Waals surface area (Å²) in [6.07, 6.45) is 0.695. The molecule has 34 heavy (non-hydrogen) atoms. The van der Waals surface area contributed by atoms with Crippen molar-refractivity contribution in [2.45, 2.75) is 31.2 Å². The third kappa shape index (κ3) is 6.52. The highest BCUT2D eigenvalue weighted by atomic mass is 35.5. The van der Waals surface area contributed by atoms with E-state index in [1.165, 1.54) is 18.2 Å². The van der Waals surface area contributed by atoms with Gasteiger partial charge in [-0.05, 0) is 60.4 Å². The second kappa shape index (κ2) is 11.4. The van der Waals surface area contributed by atoms with E-state index >= 15 is 0 Å². The monoisotopic (exact) mass is 500 g/mol. The molecule has 0 aliphatic rings. The van der Waals surface area contributed by atoms with E-state index in [9.17, 15) is 13.2 Å². The van der Waals surface area contributed by atoms with Gasteiger partial charge in [-0.3, -0.25) is 9.10 Å². The summed E-state index contributed by atoms with van der Waals surface area (Å²) in [5, 5.41) is 3.40. The third-order valence-electron chi connectivity index (χ3n) is 5.28. The predicted octanol–water partition coefficient (Wildman–Crippen LogP) is 5.45. The van der Waals surface area contributed by atoms with Crippen LogP contribution in [0.25, 0.3) is 0 Å². The molecule has 3 aromatic carbocycles. The van der Waals surface area contributed by atoms with Gasteiger partial charge in [0.15, 0.2) is 0 Å². The number of ether oxygens (including phenoxy) is 1. The molecule has 0 saturated heterocycles. The molecule has 0 aliphatic heterocycles. The van der Waals surface area contributed by atoms with E-state index in [-0.39, 0.29) is 17.5 Å². The Balaban J connectivity index is 1.90. The molecule has 1 amide bonds. The van der Waals surface area contributed by atoms with E-state index in [1.807, 2.05) is 24.3 Å². The van der Waals surface area contributed by atoms with Gasteiger partial charge in [0.2, 0.25) is 5.91 Å². The number of amides is 1. The first-order valence-electron chi connectivity index (χ1n) is 11.0. The van der Waals surface area contributed by atoms with Crippen molar-refractivity contribution >= 4 is 33.2 Å². The molecule has 0 bridgehead atoms. The number of hydrogen-bond donors (Lipinski definition) is 1. The molecule has 0 aromatic heterocycles. The minimum absolute atomic E-state index is 0.0941. The molecule has 0 heterocycles. The highest BCUT2D eigenvalue weighted by Crippen LogP contribution is 2.27. The second-order valence-corrected chi connectivity index (χ2v) is 10.6. The van der Waals surface area contributed by atoms with E-state index < -0.39 is 15.9 Å². The van der Waals surface area contributed by atoms with Crippen LogP contribution in [0.5, 0.6) is 5.75 Å². The van der Waals surface area contributed by atoms with Gasteiger partial charge < -0.3 is 10.1 Å². The summed E-state index contributed by atoms with van der Waals surface area (Å²) in [5.41, 5.74) is 1.24. The van der Waals surface area contributed by atoms with Crippen molar-refractivity contribution in [1.82, 2.24) is 5.32 Å². The van der Waals surface area contributed by atoms with Crippen LogP contribution in [0.4, 0.5) is 5.69 Å². The van der Waals surface area contributed by atoms with Gasteiger partial charge in [0.05, 0.1) is 23.7 Å². The Morgan fingerprint density at radius 3 is 2.26 bits per heavy atom. The second-order valence-electron chi connectivity index (χ2n) is 8.33. The van der Waals surface area contributed by atoms with Gasteiger partial charge in [0, 0.05) is 5.02 Å². The van der Waals surface area contributed by atoms with Gasteiger partial charge in [-0.2, -0.15) is 0 Å². The lowest BCUT2D eigenvalue weighted by Crippen LogP contribution is -2.42. The summed E-state index contributed by atoms with van der Waals surface area (Å²) in [5.74, 6) is 0.616. The Kier molecular flexibility index (Phi) is 8.58. The Hall–Kier alpha value is -3.03. The van der Waals surface area contributed by atoms with Crippen molar-refractivity contribution in [2.24, 2.45) is 5.92 Å². The van der Waals surface area contributed by atoms with Crippen LogP contribution in [0.2, 0.25) is 5.02 Å². The Morgan fingerprint density at radius 2 is 1.68 bits per heavy atom. The molecule has 1 N–H and O–H groups in total. The number of rotatable bonds is 10. The molecule has 6 nitrogen and oxygen atoms in total. The van der Waals surface area contributed by atoms with Crippen LogP contribution in [0.3, 0.4) is 0 Å². The molecule has 0 unspecified atom stereocenters. The first kappa shape index (κ1) is 25.6. The first-order chi connectivity index (χ1) is 16.2. The maximum atomic E-state index is 13.5. The van der Waals surface area contributed by atoms with Crippen LogP contribution < -0.4 is 14.4 Å². The molecule has 0 radical (unpaired) electrons. The molecular formula is C26H29ClN2O4S. The van der Waals surface area contributed by atoms with Crippen molar-refractivity contribution < 1.29 is 17.9 Å². The summed E-state index contributed by atoms with van der Waals surface area (Å²) < 4.78 is 33.3. The van der Waals surface area contributed by atoms with E-state index in [2.05, 4.69) is 19.2 Å². The van der Waals surface area contributed by atoms with Crippen LogP contribution >= 0.6 is 11.6 Å². The quantitative estimate of drug-likeness (QED) is 0.401. The summed E-state index contributed by atoms with van der Waals surface area (Å²) in [6.45, 7) is 3.75. The number of methoxy groups -OCH3 is 1. The van der Waals surface area contributed by atoms with Crippen LogP contribution in [0.15, 0.2) is 83.8 Å². The Labute approximate surface area is 206 Å². The molecule has 3 aromatic rings. The summed E-state index contributed by atoms with van der Waals surface area (Å²) in [4.78, 5) is 13.3. The van der Waals surface area contributed by atoms with Crippen molar-refractivity contribution in [2.75, 3.05) is 18.0 Å². The molecule has 0 spiro atoms. The SMILES string of the molecule is COc1ccc([C@H](CC(C)C)NC(=O)CN(c2cccc(Cl)c2)S(=O)(=O)c2ccccc2)cc1. The lowest BCUT2D eigenvalue weighted by Gasteiger charge is -2.26. The number of carbonyl (C=O) groups excluding carboxylic acids is 1. The Morgan fingerprint density at radius 1 is 1.00 bits per heavy atom. The standard InChI is InChI=1S/C26H29ClN2O4S/c1-19(2)16-25(20-12-14-23(33-3)15-13-20)28-26(30)18-29(22-9-7-8-21(27)17-22)34(31,32)24-10-5-4-6-11-24/h4-15,17,19,25H,16,18H2,1-3H3,(H,28,30)/t25-/m0/s1. The van der Waals surface area contributed by atoms with Gasteiger partial charge in [-0.1, -0.05) is 61.8 Å². The molecular weight excluding hydrogens is 472 g/mol. The number of halogens is 1. The van der Waals surface area contributed by atoms with Crippen molar-refractivity contribution in [3.8, 4) is 5.75 Å². The molecule has 0 fully saturated rings. The van der Waals surface area contributed by atoms with Crippen molar-refractivity contribution in [3.05, 3.63) is 89.4 Å². The van der Waals surface area contributed by atoms with Crippen LogP contribution in [-0.4, -0.2) is 28.0 Å². The van der Waals surface area contributed by atoms with Crippen LogP contribution in [-0.2, 0) is 14.8 Å². The van der Waals surface area contributed by atoms with Gasteiger partial charge in [0.25, 0.3) is 10.0 Å². The number of benzene rings is 3. The van der Waals surface area contributed by atoms with Gasteiger partial charge in [0.1, 0.15) is 12.3 Å². The van der Waals surface area contributed by atoms with E-state index in [1.54, 1.807) is 43.5 Å². The number of hydrogen-bond acceptors (Lipinski definition) is 4. The summed E-state index contributed by atoms with van der Waals surface area (Å²) >= 11 is 6.14. The zero-order chi connectivity index (χ0) is 24.7. The minimum atomic E-state index is -4.00. The number of anilines is 1. The fraction of sp³-hybridized carbons (Fsp3) is 0.269. The highest BCUT2D eigenvalue weighted by Gasteiger charge is 2.28. The summed E-state index contributed by atoms with van der Waals surface area (Å²) in [7, 11) is -2.40. The Bertz CT molecular complexity index is 1200. The average Bonchev–Trinajstić information content (AvgIpc) is 2.82. The zero-order valence-electron chi connectivity index (χ0n) is 19.4. The fourth-order valence-electron chi connectivity index (χ4n) is 3.62. The number of nitrogens with one attached hydrogen (secondary N) is 1. The maximum absolute atomic E-state index is 13.5. The van der Waals surface area contributed by atoms with E-state index in [0.717, 1.165) is 15.6 Å². The van der Waals surface area contributed by atoms with E-state index in [0.29, 0.717) is 23.0 Å². The third-order valence-corrected chi connectivity index (χ3v) is 7.30. The number of carbonyl (C=O) groups is 1. The predicted molar refractivity (Wildman–Crippen MR) is 136 cm³/mol. The van der Waals surface area contributed by atoms with E-state index in [4.69, 9.17) is 16.3 Å². The topological polar surface area (TPSA) is 75.7 Å². The molecule has 1 atom stereocenters. The lowest BCUT2D eigenvalue weighted by atomic mass is 9.97. The number of sulfonamides is 1. The number of nitrogens with zero attached hydrogens (tertiary/aromatic N) is 1. The van der Waals surface area contributed by atoms with Gasteiger partial charge >= 0.3 is 0 Å². The molecule has 8 heteroatoms. The van der Waals surface area contributed by atoms with Gasteiger partial charge in [-0.25, -0.2) is 8.42 Å². The zero-order valence-corrected chi connectivity index (χ0v) is 21.0. The van der Waals surface area contributed by atoms with Crippen LogP contribution in [0.1, 0.15) is 31.9 Å². The lowest BCUT2D eigenvalue weighted by molar-refractivity contribution is -0.120. The smallest absolute Gasteiger partial charge is 0.264 e. The maximum Gasteiger partial charge on any atom is 0.264 e. The normalized spacial score (nSPS) is 12.3.